The van der Waals surface area contributed by atoms with Crippen molar-refractivity contribution in [3.05, 3.63) is 75.4 Å². The number of rotatable bonds is 6. The molecular formula is C20H20IN3O3. The standard InChI is InChI=1S/C20H20IN3O3/c1-24-8-7-22-19(24)18(14-10-16(26-2)12-17(11-14)27-3)23-20(25)13-5-4-6-15(21)9-13/h4-12,18H,1-3H3,(H,23,25). The van der Waals surface area contributed by atoms with E-state index in [2.05, 4.69) is 32.9 Å². The highest BCUT2D eigenvalue weighted by atomic mass is 127. The van der Waals surface area contributed by atoms with Crippen molar-refractivity contribution in [3.8, 4) is 11.5 Å². The number of nitrogens with one attached hydrogen (secondary N) is 1. The summed E-state index contributed by atoms with van der Waals surface area (Å²) in [5.41, 5.74) is 1.41. The lowest BCUT2D eigenvalue weighted by molar-refractivity contribution is 0.0941. The van der Waals surface area contributed by atoms with E-state index >= 15 is 0 Å². The lowest BCUT2D eigenvalue weighted by Gasteiger charge is -2.20. The normalized spacial score (nSPS) is 11.7. The maximum atomic E-state index is 12.9. The number of benzene rings is 2. The summed E-state index contributed by atoms with van der Waals surface area (Å²) >= 11 is 2.19. The van der Waals surface area contributed by atoms with Gasteiger partial charge in [0.2, 0.25) is 0 Å². The van der Waals surface area contributed by atoms with E-state index in [1.807, 2.05) is 48.1 Å². The second-order valence-electron chi connectivity index (χ2n) is 5.96. The van der Waals surface area contributed by atoms with Crippen LogP contribution < -0.4 is 14.8 Å². The van der Waals surface area contributed by atoms with Gasteiger partial charge >= 0.3 is 0 Å². The van der Waals surface area contributed by atoms with Crippen LogP contribution in [0.1, 0.15) is 27.8 Å². The zero-order valence-electron chi connectivity index (χ0n) is 15.3. The van der Waals surface area contributed by atoms with E-state index in [1.54, 1.807) is 32.5 Å². The number of hydrogen-bond acceptors (Lipinski definition) is 4. The maximum Gasteiger partial charge on any atom is 0.252 e. The molecule has 0 spiro atoms. The molecule has 3 aromatic rings. The fourth-order valence-electron chi connectivity index (χ4n) is 2.79. The molecule has 1 unspecified atom stereocenters. The first kappa shape index (κ1) is 19.2. The Morgan fingerprint density at radius 1 is 1.15 bits per heavy atom. The average molecular weight is 477 g/mol. The molecule has 0 aliphatic heterocycles. The molecule has 7 heteroatoms. The van der Waals surface area contributed by atoms with Gasteiger partial charge in [-0.3, -0.25) is 4.79 Å². The van der Waals surface area contributed by atoms with Crippen LogP contribution in [-0.4, -0.2) is 29.7 Å². The van der Waals surface area contributed by atoms with E-state index in [-0.39, 0.29) is 5.91 Å². The summed E-state index contributed by atoms with van der Waals surface area (Å²) in [6.45, 7) is 0. The molecule has 1 N–H and O–H groups in total. The van der Waals surface area contributed by atoms with Gasteiger partial charge in [0.1, 0.15) is 23.4 Å². The molecule has 1 aromatic heterocycles. The third kappa shape index (κ3) is 4.41. The fourth-order valence-corrected chi connectivity index (χ4v) is 3.34. The number of carbonyl (C=O) groups excluding carboxylic acids is 1. The Kier molecular flexibility index (Phi) is 6.00. The van der Waals surface area contributed by atoms with Crippen molar-refractivity contribution < 1.29 is 14.3 Å². The largest absolute Gasteiger partial charge is 0.497 e. The molecule has 6 nitrogen and oxygen atoms in total. The Morgan fingerprint density at radius 3 is 2.41 bits per heavy atom. The van der Waals surface area contributed by atoms with E-state index in [1.165, 1.54) is 0 Å². The molecule has 1 amide bonds. The third-order valence-electron chi connectivity index (χ3n) is 4.19. The number of methoxy groups -OCH3 is 2. The van der Waals surface area contributed by atoms with E-state index < -0.39 is 6.04 Å². The highest BCUT2D eigenvalue weighted by Gasteiger charge is 2.23. The molecule has 140 valence electrons. The van der Waals surface area contributed by atoms with Gasteiger partial charge in [-0.05, 0) is 58.5 Å². The first-order valence-corrected chi connectivity index (χ1v) is 9.36. The minimum atomic E-state index is -0.459. The molecule has 0 aliphatic rings. The third-order valence-corrected chi connectivity index (χ3v) is 4.86. The predicted molar refractivity (Wildman–Crippen MR) is 111 cm³/mol. The van der Waals surface area contributed by atoms with Gasteiger partial charge in [0.15, 0.2) is 0 Å². The Balaban J connectivity index is 2.02. The number of ether oxygens (including phenoxy) is 2. The first-order chi connectivity index (χ1) is 13.0. The molecule has 0 saturated heterocycles. The van der Waals surface area contributed by atoms with Gasteiger partial charge in [-0.25, -0.2) is 4.98 Å². The fraction of sp³-hybridized carbons (Fsp3) is 0.200. The maximum absolute atomic E-state index is 12.9. The van der Waals surface area contributed by atoms with Crippen LogP contribution >= 0.6 is 22.6 Å². The Morgan fingerprint density at radius 2 is 1.85 bits per heavy atom. The van der Waals surface area contributed by atoms with E-state index in [0.29, 0.717) is 22.9 Å². The van der Waals surface area contributed by atoms with Crippen molar-refractivity contribution in [1.82, 2.24) is 14.9 Å². The molecule has 0 bridgehead atoms. The number of nitrogens with zero attached hydrogens (tertiary/aromatic N) is 2. The number of amides is 1. The van der Waals surface area contributed by atoms with Gasteiger partial charge in [0.05, 0.1) is 14.2 Å². The van der Waals surface area contributed by atoms with Crippen molar-refractivity contribution in [2.45, 2.75) is 6.04 Å². The van der Waals surface area contributed by atoms with Crippen LogP contribution in [0.2, 0.25) is 0 Å². The predicted octanol–water partition coefficient (Wildman–Crippen LogP) is 3.56. The van der Waals surface area contributed by atoms with Crippen LogP contribution in [0.15, 0.2) is 54.9 Å². The Bertz CT molecular complexity index is 933. The van der Waals surface area contributed by atoms with Gasteiger partial charge in [0.25, 0.3) is 5.91 Å². The Labute approximate surface area is 171 Å². The minimum absolute atomic E-state index is 0.177. The summed E-state index contributed by atoms with van der Waals surface area (Å²) in [4.78, 5) is 17.3. The zero-order valence-corrected chi connectivity index (χ0v) is 17.4. The molecule has 1 heterocycles. The lowest BCUT2D eigenvalue weighted by atomic mass is 10.0. The van der Waals surface area contributed by atoms with Crippen LogP contribution in [0, 0.1) is 3.57 Å². The number of aromatic nitrogens is 2. The van der Waals surface area contributed by atoms with Crippen LogP contribution in [0.4, 0.5) is 0 Å². The number of imidazole rings is 1. The number of halogens is 1. The van der Waals surface area contributed by atoms with E-state index in [0.717, 1.165) is 9.13 Å². The molecule has 1 atom stereocenters. The van der Waals surface area contributed by atoms with Crippen molar-refractivity contribution >= 4 is 28.5 Å². The summed E-state index contributed by atoms with van der Waals surface area (Å²) in [5.74, 6) is 1.83. The van der Waals surface area contributed by atoms with Crippen LogP contribution in [0.25, 0.3) is 0 Å². The van der Waals surface area contributed by atoms with Crippen molar-refractivity contribution in [2.75, 3.05) is 14.2 Å². The number of hydrogen-bond donors (Lipinski definition) is 1. The van der Waals surface area contributed by atoms with Crippen molar-refractivity contribution in [3.63, 3.8) is 0 Å². The highest BCUT2D eigenvalue weighted by Crippen LogP contribution is 2.29. The van der Waals surface area contributed by atoms with E-state index in [4.69, 9.17) is 9.47 Å². The topological polar surface area (TPSA) is 65.4 Å². The van der Waals surface area contributed by atoms with Gasteiger partial charge in [-0.2, -0.15) is 0 Å². The van der Waals surface area contributed by atoms with Crippen LogP contribution in [-0.2, 0) is 7.05 Å². The summed E-state index contributed by atoms with van der Waals surface area (Å²) in [7, 11) is 5.09. The highest BCUT2D eigenvalue weighted by molar-refractivity contribution is 14.1. The second-order valence-corrected chi connectivity index (χ2v) is 7.20. The first-order valence-electron chi connectivity index (χ1n) is 8.28. The number of aryl methyl sites for hydroxylation is 1. The lowest BCUT2D eigenvalue weighted by Crippen LogP contribution is -2.31. The molecule has 0 fully saturated rings. The summed E-state index contributed by atoms with van der Waals surface area (Å²) < 4.78 is 13.6. The molecule has 0 aliphatic carbocycles. The zero-order chi connectivity index (χ0) is 19.4. The SMILES string of the molecule is COc1cc(OC)cc(C(NC(=O)c2cccc(I)c2)c2nccn2C)c1. The molecule has 2 aromatic carbocycles. The molecule has 27 heavy (non-hydrogen) atoms. The van der Waals surface area contributed by atoms with Crippen molar-refractivity contribution in [2.24, 2.45) is 7.05 Å². The molecule has 0 radical (unpaired) electrons. The number of carbonyl (C=O) groups is 1. The summed E-state index contributed by atoms with van der Waals surface area (Å²) in [5, 5.41) is 3.09. The van der Waals surface area contributed by atoms with Gasteiger partial charge < -0.3 is 19.4 Å². The molecule has 3 rings (SSSR count). The average Bonchev–Trinajstić information content (AvgIpc) is 3.11. The van der Waals surface area contributed by atoms with Crippen LogP contribution in [0.3, 0.4) is 0 Å². The molecular weight excluding hydrogens is 457 g/mol. The van der Waals surface area contributed by atoms with Crippen LogP contribution in [0.5, 0.6) is 11.5 Å². The quantitative estimate of drug-likeness (QED) is 0.552. The van der Waals surface area contributed by atoms with Gasteiger partial charge in [0, 0.05) is 34.6 Å². The summed E-state index contributed by atoms with van der Waals surface area (Å²) in [6, 6.07) is 12.5. The van der Waals surface area contributed by atoms with E-state index in [9.17, 15) is 4.79 Å². The van der Waals surface area contributed by atoms with Gasteiger partial charge in [-0.15, -0.1) is 0 Å². The Hall–Kier alpha value is -2.55. The minimum Gasteiger partial charge on any atom is -0.497 e. The monoisotopic (exact) mass is 477 g/mol. The second kappa shape index (κ2) is 8.43. The summed E-state index contributed by atoms with van der Waals surface area (Å²) in [6.07, 6.45) is 3.55. The molecule has 0 saturated carbocycles. The van der Waals surface area contributed by atoms with Crippen molar-refractivity contribution in [1.29, 1.82) is 0 Å². The smallest absolute Gasteiger partial charge is 0.252 e. The van der Waals surface area contributed by atoms with Gasteiger partial charge in [-0.1, -0.05) is 6.07 Å².